The van der Waals surface area contributed by atoms with Crippen molar-refractivity contribution < 1.29 is 37.3 Å². The molecule has 0 heterocycles. The Hall–Kier alpha value is -1.51. The zero-order chi connectivity index (χ0) is 60.7. The number of quaternary nitrogens is 1. The molecule has 0 bridgehead atoms. The zero-order valence-corrected chi connectivity index (χ0v) is 57.3. The quantitative estimate of drug-likeness (QED) is 0.0212. The number of esters is 1. The average Bonchev–Trinajstić information content (AvgIpc) is 3.47. The van der Waals surface area contributed by atoms with Crippen LogP contribution in [0.1, 0.15) is 380 Å². The molecular weight excluding hydrogens is 1050 g/mol. The van der Waals surface area contributed by atoms with E-state index in [-0.39, 0.29) is 31.5 Å². The second-order valence-electron chi connectivity index (χ2n) is 26.5. The Morgan fingerprint density at radius 3 is 1.02 bits per heavy atom. The molecule has 0 saturated heterocycles. The van der Waals surface area contributed by atoms with Gasteiger partial charge in [0.2, 0.25) is 5.91 Å². The molecule has 0 radical (unpaired) electrons. The number of nitrogens with zero attached hydrogens (tertiary/aromatic N) is 1. The van der Waals surface area contributed by atoms with Crippen LogP contribution in [0.15, 0.2) is 24.3 Å². The summed E-state index contributed by atoms with van der Waals surface area (Å²) in [6.07, 6.45) is 77.4. The maximum Gasteiger partial charge on any atom is 0.306 e. The van der Waals surface area contributed by atoms with Crippen molar-refractivity contribution in [3.05, 3.63) is 24.3 Å². The van der Waals surface area contributed by atoms with Crippen LogP contribution < -0.4 is 10.2 Å². The third-order valence-corrected chi connectivity index (χ3v) is 17.8. The van der Waals surface area contributed by atoms with Gasteiger partial charge < -0.3 is 28.5 Å². The molecule has 1 N–H and O–H groups in total. The van der Waals surface area contributed by atoms with Crippen LogP contribution >= 0.6 is 7.82 Å². The highest BCUT2D eigenvalue weighted by Gasteiger charge is 2.27. The van der Waals surface area contributed by atoms with Crippen LogP contribution in [-0.4, -0.2) is 69.4 Å². The van der Waals surface area contributed by atoms with Crippen LogP contribution in [0.3, 0.4) is 0 Å². The number of allylic oxidation sites excluding steroid dienone is 3. The summed E-state index contributed by atoms with van der Waals surface area (Å²) in [6.45, 7) is 6.91. The average molecular weight is 1190 g/mol. The van der Waals surface area contributed by atoms with E-state index in [9.17, 15) is 19.0 Å². The van der Waals surface area contributed by atoms with E-state index in [0.29, 0.717) is 17.4 Å². The molecule has 0 saturated carbocycles. The second-order valence-corrected chi connectivity index (χ2v) is 27.9. The number of phosphoric ester groups is 1. The van der Waals surface area contributed by atoms with Crippen LogP contribution in [0.2, 0.25) is 0 Å². The Labute approximate surface area is 517 Å². The van der Waals surface area contributed by atoms with Crippen molar-refractivity contribution >= 4 is 19.7 Å². The van der Waals surface area contributed by atoms with E-state index in [1.54, 1.807) is 0 Å². The summed E-state index contributed by atoms with van der Waals surface area (Å²) in [4.78, 5) is 40.2. The molecular formula is C73H143N2O7P. The summed E-state index contributed by atoms with van der Waals surface area (Å²) in [5.74, 6) is -0.523. The van der Waals surface area contributed by atoms with Gasteiger partial charge in [-0.25, -0.2) is 0 Å². The number of nitrogens with one attached hydrogen (secondary N) is 1. The van der Waals surface area contributed by atoms with Crippen LogP contribution in [0.25, 0.3) is 0 Å². The Kier molecular flexibility index (Phi) is 62.4. The Balaban J connectivity index is 4.98. The molecule has 0 aromatic carbocycles. The Morgan fingerprint density at radius 2 is 0.699 bits per heavy atom. The lowest BCUT2D eigenvalue weighted by molar-refractivity contribution is -0.870. The van der Waals surface area contributed by atoms with Crippen LogP contribution in [-0.2, 0) is 27.9 Å². The molecule has 9 nitrogen and oxygen atoms in total. The minimum Gasteiger partial charge on any atom is -0.756 e. The van der Waals surface area contributed by atoms with E-state index in [0.717, 1.165) is 64.2 Å². The van der Waals surface area contributed by atoms with E-state index in [1.165, 1.54) is 283 Å². The molecule has 0 aromatic heterocycles. The van der Waals surface area contributed by atoms with Crippen LogP contribution in [0.4, 0.5) is 0 Å². The number of unbranched alkanes of at least 4 members (excludes halogenated alkanes) is 50. The van der Waals surface area contributed by atoms with Crippen molar-refractivity contribution in [2.24, 2.45) is 0 Å². The third kappa shape index (κ3) is 64.8. The number of phosphoric acid groups is 1. The van der Waals surface area contributed by atoms with Gasteiger partial charge in [-0.05, 0) is 57.4 Å². The van der Waals surface area contributed by atoms with Gasteiger partial charge in [0.25, 0.3) is 7.82 Å². The van der Waals surface area contributed by atoms with E-state index in [2.05, 4.69) is 38.2 Å². The minimum absolute atomic E-state index is 0.0189. The molecule has 10 heteroatoms. The first-order valence-corrected chi connectivity index (χ1v) is 38.1. The number of carbonyl (C=O) groups is 2. The zero-order valence-electron chi connectivity index (χ0n) is 56.4. The summed E-state index contributed by atoms with van der Waals surface area (Å²) in [7, 11) is 1.20. The predicted octanol–water partition coefficient (Wildman–Crippen LogP) is 22.6. The first kappa shape index (κ1) is 81.5. The second kappa shape index (κ2) is 63.5. The van der Waals surface area contributed by atoms with Gasteiger partial charge in [-0.3, -0.25) is 14.2 Å². The summed E-state index contributed by atoms with van der Waals surface area (Å²) in [5, 5.41) is 3.05. The SMILES string of the molecule is CCCCCCCC/C=C/CCCCCCCCCC(=O)OC(/C=C\CCCCCCCCCCCCC)C(COP(=O)([O-])OCC[N+](C)(C)C)NC(=O)CCCCCCCCCCCCCCCCCCCCCCCCCCCCC. The van der Waals surface area contributed by atoms with Crippen LogP contribution in [0, 0.1) is 0 Å². The normalized spacial score (nSPS) is 13.6. The van der Waals surface area contributed by atoms with Gasteiger partial charge in [-0.1, -0.05) is 334 Å². The lowest BCUT2D eigenvalue weighted by Gasteiger charge is -2.30. The van der Waals surface area contributed by atoms with Crippen molar-refractivity contribution in [3.63, 3.8) is 0 Å². The molecule has 0 fully saturated rings. The highest BCUT2D eigenvalue weighted by atomic mass is 31.2. The number of carbonyl (C=O) groups excluding carboxylic acids is 2. The molecule has 0 spiro atoms. The van der Waals surface area contributed by atoms with E-state index >= 15 is 0 Å². The van der Waals surface area contributed by atoms with Crippen molar-refractivity contribution in [3.8, 4) is 0 Å². The maximum absolute atomic E-state index is 13.6. The Bertz CT molecular complexity index is 1470. The van der Waals surface area contributed by atoms with Gasteiger partial charge in [0.15, 0.2) is 0 Å². The van der Waals surface area contributed by atoms with Crippen molar-refractivity contribution in [2.45, 2.75) is 392 Å². The molecule has 1 amide bonds. The van der Waals surface area contributed by atoms with Gasteiger partial charge in [0.05, 0.1) is 33.8 Å². The third-order valence-electron chi connectivity index (χ3n) is 16.9. The number of ether oxygens (including phenoxy) is 1. The highest BCUT2D eigenvalue weighted by molar-refractivity contribution is 7.45. The molecule has 0 aromatic rings. The van der Waals surface area contributed by atoms with Gasteiger partial charge in [-0.15, -0.1) is 0 Å². The molecule has 3 unspecified atom stereocenters. The monoisotopic (exact) mass is 1190 g/mol. The highest BCUT2D eigenvalue weighted by Crippen LogP contribution is 2.38. The number of amides is 1. The van der Waals surface area contributed by atoms with E-state index < -0.39 is 20.0 Å². The number of likely N-dealkylation sites (N-methyl/N-ethyl adjacent to an activating group) is 1. The van der Waals surface area contributed by atoms with Crippen molar-refractivity contribution in [1.82, 2.24) is 5.32 Å². The fraction of sp³-hybridized carbons (Fsp3) is 0.918. The summed E-state index contributed by atoms with van der Waals surface area (Å²) < 4.78 is 30.5. The number of rotatable bonds is 68. The van der Waals surface area contributed by atoms with Crippen molar-refractivity contribution in [1.29, 1.82) is 0 Å². The Morgan fingerprint density at radius 1 is 0.410 bits per heavy atom. The smallest absolute Gasteiger partial charge is 0.306 e. The van der Waals surface area contributed by atoms with Gasteiger partial charge in [0.1, 0.15) is 19.3 Å². The molecule has 0 aliphatic carbocycles. The number of hydrogen-bond donors (Lipinski definition) is 1. The van der Waals surface area contributed by atoms with Gasteiger partial charge in [-0.2, -0.15) is 0 Å². The lowest BCUT2D eigenvalue weighted by atomic mass is 10.0. The molecule has 0 aliphatic heterocycles. The fourth-order valence-corrected chi connectivity index (χ4v) is 12.0. The first-order valence-electron chi connectivity index (χ1n) is 36.6. The standard InChI is InChI=1S/C73H143N2O7P/c1-7-10-13-16-19-22-25-28-30-32-33-34-35-36-37-38-39-40-41-43-44-47-50-53-56-59-62-65-72(76)74-70(69-81-83(78,79)80-68-67-75(4,5)6)71(64-61-58-55-52-49-46-27-24-21-18-15-12-9-3)82-73(77)66-63-60-57-54-51-48-45-42-31-29-26-23-20-17-14-11-8-2/h29,31,61,64,70-71H,7-28,30,32-60,62-63,65-69H2,1-6H3,(H-,74,76,78,79)/b31-29+,64-61-. The molecule has 83 heavy (non-hydrogen) atoms. The molecule has 492 valence electrons. The fourth-order valence-electron chi connectivity index (χ4n) is 11.2. The molecule has 0 aliphatic rings. The number of hydrogen-bond acceptors (Lipinski definition) is 7. The maximum atomic E-state index is 13.6. The summed E-state index contributed by atoms with van der Waals surface area (Å²) >= 11 is 0. The summed E-state index contributed by atoms with van der Waals surface area (Å²) in [5.41, 5.74) is 0. The van der Waals surface area contributed by atoms with Crippen molar-refractivity contribution in [2.75, 3.05) is 40.9 Å². The topological polar surface area (TPSA) is 114 Å². The van der Waals surface area contributed by atoms with Gasteiger partial charge in [0, 0.05) is 12.8 Å². The lowest BCUT2D eigenvalue weighted by Crippen LogP contribution is -2.47. The van der Waals surface area contributed by atoms with Gasteiger partial charge >= 0.3 is 5.97 Å². The largest absolute Gasteiger partial charge is 0.756 e. The molecule has 0 rings (SSSR count). The summed E-state index contributed by atoms with van der Waals surface area (Å²) in [6, 6.07) is -0.886. The van der Waals surface area contributed by atoms with E-state index in [4.69, 9.17) is 13.8 Å². The minimum atomic E-state index is -4.70. The van der Waals surface area contributed by atoms with E-state index in [1.807, 2.05) is 33.3 Å². The predicted molar refractivity (Wildman–Crippen MR) is 358 cm³/mol. The first-order chi connectivity index (χ1) is 40.4. The van der Waals surface area contributed by atoms with Crippen LogP contribution in [0.5, 0.6) is 0 Å². The molecule has 3 atom stereocenters.